The van der Waals surface area contributed by atoms with Gasteiger partial charge in [0.05, 0.1) is 6.61 Å². The summed E-state index contributed by atoms with van der Waals surface area (Å²) in [6.07, 6.45) is 7.72. The van der Waals surface area contributed by atoms with Crippen molar-refractivity contribution in [2.24, 2.45) is 0 Å². The van der Waals surface area contributed by atoms with Crippen molar-refractivity contribution in [1.82, 2.24) is 0 Å². The Kier molecular flexibility index (Phi) is 10.8. The molecular weight excluding hydrogens is 152 g/mol. The average molecular weight is 173 g/mol. The molecule has 0 aliphatic carbocycles. The SMILES string of the molecule is C[CH]OOCCCCCCCC. The third-order valence-corrected chi connectivity index (χ3v) is 1.75. The van der Waals surface area contributed by atoms with Crippen LogP contribution < -0.4 is 0 Å². The van der Waals surface area contributed by atoms with Crippen LogP contribution in [0.1, 0.15) is 52.4 Å². The lowest BCUT2D eigenvalue weighted by molar-refractivity contribution is -0.267. The van der Waals surface area contributed by atoms with Crippen LogP contribution in [0.2, 0.25) is 0 Å². The highest BCUT2D eigenvalue weighted by Gasteiger charge is 1.90. The Labute approximate surface area is 76.2 Å². The van der Waals surface area contributed by atoms with Gasteiger partial charge in [0.1, 0.15) is 6.61 Å². The number of hydrogen-bond acceptors (Lipinski definition) is 2. The molecule has 0 amide bonds. The lowest BCUT2D eigenvalue weighted by Gasteiger charge is -2.01. The normalized spacial score (nSPS) is 10.5. The fourth-order valence-corrected chi connectivity index (χ4v) is 1.06. The average Bonchev–Trinajstić information content (AvgIpc) is 2.10. The second-order valence-electron chi connectivity index (χ2n) is 2.92. The zero-order valence-corrected chi connectivity index (χ0v) is 8.34. The van der Waals surface area contributed by atoms with Crippen molar-refractivity contribution in [3.63, 3.8) is 0 Å². The Morgan fingerprint density at radius 2 is 1.67 bits per heavy atom. The number of hydrogen-bond donors (Lipinski definition) is 0. The van der Waals surface area contributed by atoms with Crippen LogP contribution in [0.3, 0.4) is 0 Å². The Balaban J connectivity index is 2.73. The Morgan fingerprint density at radius 1 is 1.00 bits per heavy atom. The molecule has 1 radical (unpaired) electrons. The second kappa shape index (κ2) is 10.9. The minimum Gasteiger partial charge on any atom is -0.236 e. The molecule has 0 aliphatic heterocycles. The Bertz CT molecular complexity index is 64.2. The smallest absolute Gasteiger partial charge is 0.119 e. The molecule has 0 unspecified atom stereocenters. The molecule has 0 N–H and O–H groups in total. The summed E-state index contributed by atoms with van der Waals surface area (Å²) in [6, 6.07) is 0. The predicted octanol–water partition coefficient (Wildman–Crippen LogP) is 3.48. The molecule has 0 aromatic carbocycles. The van der Waals surface area contributed by atoms with Crippen LogP contribution in [0, 0.1) is 6.61 Å². The van der Waals surface area contributed by atoms with Gasteiger partial charge in [-0.25, -0.2) is 9.78 Å². The summed E-state index contributed by atoms with van der Waals surface area (Å²) in [5.41, 5.74) is 0. The van der Waals surface area contributed by atoms with E-state index in [2.05, 4.69) is 11.8 Å². The van der Waals surface area contributed by atoms with Crippen LogP contribution in [-0.4, -0.2) is 6.61 Å². The van der Waals surface area contributed by atoms with Gasteiger partial charge < -0.3 is 0 Å². The maximum absolute atomic E-state index is 4.83. The third-order valence-electron chi connectivity index (χ3n) is 1.75. The molecule has 0 atom stereocenters. The van der Waals surface area contributed by atoms with Crippen molar-refractivity contribution in [3.05, 3.63) is 6.61 Å². The largest absolute Gasteiger partial charge is 0.236 e. The van der Waals surface area contributed by atoms with E-state index >= 15 is 0 Å². The first-order valence-corrected chi connectivity index (χ1v) is 4.98. The summed E-state index contributed by atoms with van der Waals surface area (Å²) in [7, 11) is 0. The fourth-order valence-electron chi connectivity index (χ4n) is 1.06. The summed E-state index contributed by atoms with van der Waals surface area (Å²) in [4.78, 5) is 9.47. The maximum Gasteiger partial charge on any atom is 0.119 e. The van der Waals surface area contributed by atoms with Crippen LogP contribution in [0.25, 0.3) is 0 Å². The van der Waals surface area contributed by atoms with Crippen molar-refractivity contribution < 1.29 is 9.78 Å². The molecule has 0 fully saturated rings. The highest BCUT2D eigenvalue weighted by molar-refractivity contribution is 4.42. The summed E-state index contributed by atoms with van der Waals surface area (Å²) in [5.74, 6) is 0. The van der Waals surface area contributed by atoms with Gasteiger partial charge in [-0.15, -0.1) is 0 Å². The van der Waals surface area contributed by atoms with E-state index in [1.54, 1.807) is 13.5 Å². The van der Waals surface area contributed by atoms with E-state index in [0.717, 1.165) is 13.0 Å². The topological polar surface area (TPSA) is 18.5 Å². The first-order valence-electron chi connectivity index (χ1n) is 4.98. The first-order chi connectivity index (χ1) is 5.91. The second-order valence-corrected chi connectivity index (χ2v) is 2.92. The molecule has 12 heavy (non-hydrogen) atoms. The maximum atomic E-state index is 4.83. The molecule has 2 nitrogen and oxygen atoms in total. The monoisotopic (exact) mass is 173 g/mol. The molecule has 0 aliphatic rings. The van der Waals surface area contributed by atoms with E-state index in [-0.39, 0.29) is 0 Å². The van der Waals surface area contributed by atoms with Gasteiger partial charge >= 0.3 is 0 Å². The third kappa shape index (κ3) is 9.92. The van der Waals surface area contributed by atoms with Crippen molar-refractivity contribution in [3.8, 4) is 0 Å². The van der Waals surface area contributed by atoms with Crippen molar-refractivity contribution in [2.45, 2.75) is 52.4 Å². The molecular formula is C10H21O2. The van der Waals surface area contributed by atoms with Crippen molar-refractivity contribution in [2.75, 3.05) is 6.61 Å². The molecule has 73 valence electrons. The molecule has 2 heteroatoms. The summed E-state index contributed by atoms with van der Waals surface area (Å²) < 4.78 is 0. The highest BCUT2D eigenvalue weighted by atomic mass is 17.2. The van der Waals surface area contributed by atoms with Gasteiger partial charge in [0, 0.05) is 0 Å². The van der Waals surface area contributed by atoms with E-state index in [4.69, 9.17) is 4.89 Å². The molecule has 0 aromatic rings. The van der Waals surface area contributed by atoms with Crippen LogP contribution >= 0.6 is 0 Å². The van der Waals surface area contributed by atoms with E-state index < -0.39 is 0 Å². The van der Waals surface area contributed by atoms with Gasteiger partial charge in [0.2, 0.25) is 0 Å². The standard InChI is InChI=1S/C10H21O2/c1-3-5-6-7-8-9-10-12-11-4-2/h4H,3,5-10H2,1-2H3. The number of unbranched alkanes of at least 4 members (excludes halogenated alkanes) is 5. The molecule has 0 saturated heterocycles. The lowest BCUT2D eigenvalue weighted by Crippen LogP contribution is -1.93. The van der Waals surface area contributed by atoms with Gasteiger partial charge in [-0.3, -0.25) is 0 Å². The van der Waals surface area contributed by atoms with Crippen molar-refractivity contribution in [1.29, 1.82) is 0 Å². The van der Waals surface area contributed by atoms with Gasteiger partial charge in [-0.2, -0.15) is 0 Å². The van der Waals surface area contributed by atoms with Gasteiger partial charge in [0.25, 0.3) is 0 Å². The van der Waals surface area contributed by atoms with Crippen LogP contribution in [0.15, 0.2) is 0 Å². The van der Waals surface area contributed by atoms with Gasteiger partial charge in [-0.05, 0) is 13.3 Å². The summed E-state index contributed by atoms with van der Waals surface area (Å²) >= 11 is 0. The van der Waals surface area contributed by atoms with Crippen LogP contribution in [0.4, 0.5) is 0 Å². The quantitative estimate of drug-likeness (QED) is 0.302. The summed E-state index contributed by atoms with van der Waals surface area (Å²) in [6.45, 7) is 6.31. The van der Waals surface area contributed by atoms with E-state index in [1.165, 1.54) is 32.1 Å². The zero-order chi connectivity index (χ0) is 9.07. The van der Waals surface area contributed by atoms with Crippen molar-refractivity contribution >= 4 is 0 Å². The molecule has 0 spiro atoms. The van der Waals surface area contributed by atoms with E-state index in [1.807, 2.05) is 0 Å². The Hall–Kier alpha value is -0.0800. The van der Waals surface area contributed by atoms with E-state index in [9.17, 15) is 0 Å². The molecule has 0 saturated carbocycles. The number of rotatable bonds is 9. The molecule has 0 bridgehead atoms. The molecule has 0 rings (SSSR count). The zero-order valence-electron chi connectivity index (χ0n) is 8.34. The van der Waals surface area contributed by atoms with E-state index in [0.29, 0.717) is 0 Å². The highest BCUT2D eigenvalue weighted by Crippen LogP contribution is 2.04. The first kappa shape index (κ1) is 11.9. The van der Waals surface area contributed by atoms with Gasteiger partial charge in [-0.1, -0.05) is 39.0 Å². The minimum absolute atomic E-state index is 0.719. The molecule has 0 heterocycles. The molecule has 0 aromatic heterocycles. The van der Waals surface area contributed by atoms with Gasteiger partial charge in [0.15, 0.2) is 0 Å². The fraction of sp³-hybridized carbons (Fsp3) is 0.900. The Morgan fingerprint density at radius 3 is 2.33 bits per heavy atom. The summed E-state index contributed by atoms with van der Waals surface area (Å²) in [5, 5.41) is 0. The van der Waals surface area contributed by atoms with Crippen LogP contribution in [0.5, 0.6) is 0 Å². The predicted molar refractivity (Wildman–Crippen MR) is 50.4 cm³/mol. The van der Waals surface area contributed by atoms with Crippen LogP contribution in [-0.2, 0) is 9.78 Å². The minimum atomic E-state index is 0.719. The lowest BCUT2D eigenvalue weighted by atomic mass is 10.1.